The number of carbonyl (C=O) groups is 2. The Morgan fingerprint density at radius 2 is 0.897 bits per heavy atom. The van der Waals surface area contributed by atoms with Crippen LogP contribution in [0.5, 0.6) is 0 Å². The van der Waals surface area contributed by atoms with Gasteiger partial charge >= 0.3 is 12.2 Å². The van der Waals surface area contributed by atoms with E-state index >= 15 is 0 Å². The normalized spacial score (nSPS) is 23.5. The number of hydrogen-bond donors (Lipinski definition) is 6. The minimum Gasteiger partial charge on any atom is -0.448 e. The van der Waals surface area contributed by atoms with Crippen LogP contribution >= 0.6 is 0 Å². The first-order valence-corrected chi connectivity index (χ1v) is 14.7. The molecule has 39 heavy (non-hydrogen) atoms. The van der Waals surface area contributed by atoms with Gasteiger partial charge in [0.15, 0.2) is 0 Å². The van der Waals surface area contributed by atoms with Gasteiger partial charge in [0.1, 0.15) is 13.2 Å². The highest BCUT2D eigenvalue weighted by molar-refractivity contribution is 5.67. The molecule has 0 aliphatic heterocycles. The molecule has 6 N–H and O–H groups in total. The number of aliphatic hydroxyl groups excluding tert-OH is 4. The lowest BCUT2D eigenvalue weighted by Gasteiger charge is -2.34. The Bertz CT molecular complexity index is 592. The number of ether oxygens (including phenoxy) is 2. The predicted molar refractivity (Wildman–Crippen MR) is 146 cm³/mol. The molecule has 2 fully saturated rings. The van der Waals surface area contributed by atoms with Gasteiger partial charge in [-0.05, 0) is 69.6 Å². The van der Waals surface area contributed by atoms with E-state index in [4.69, 9.17) is 29.9 Å². The maximum atomic E-state index is 12.1. The average Bonchev–Trinajstić information content (AvgIpc) is 2.91. The average molecular weight is 561 g/mol. The van der Waals surface area contributed by atoms with Gasteiger partial charge in [0.25, 0.3) is 0 Å². The highest BCUT2D eigenvalue weighted by Gasteiger charge is 2.28. The summed E-state index contributed by atoms with van der Waals surface area (Å²) >= 11 is 0. The molecular formula is C27H52N4O8. The standard InChI is InChI=1S/C27H52N4O8/c32-15-9-30(10-16-33)13-19-38-26(36)28-24-5-1-22(2-6-24)21-23-3-7-25(8-4-23)29-27(37)39-20-14-31(11-17-34)12-18-35/h22-25,32-35H,1-21H2,(H,28,36)(H,29,37). The summed E-state index contributed by atoms with van der Waals surface area (Å²) in [5.41, 5.74) is 0. The molecule has 2 aliphatic carbocycles. The van der Waals surface area contributed by atoms with Crippen molar-refractivity contribution in [2.45, 2.75) is 69.9 Å². The zero-order chi connectivity index (χ0) is 28.3. The van der Waals surface area contributed by atoms with E-state index in [0.717, 1.165) is 51.4 Å². The number of hydrogen-bond acceptors (Lipinski definition) is 10. The molecule has 0 spiro atoms. The summed E-state index contributed by atoms with van der Waals surface area (Å²) in [6, 6.07) is 0.287. The molecule has 12 nitrogen and oxygen atoms in total. The molecule has 0 saturated heterocycles. The first-order valence-electron chi connectivity index (χ1n) is 14.7. The van der Waals surface area contributed by atoms with E-state index in [0.29, 0.717) is 51.1 Å². The van der Waals surface area contributed by atoms with Gasteiger partial charge in [-0.15, -0.1) is 0 Å². The Kier molecular flexibility index (Phi) is 17.4. The molecule has 0 aromatic rings. The van der Waals surface area contributed by atoms with E-state index in [2.05, 4.69) is 10.6 Å². The third kappa shape index (κ3) is 14.5. The number of rotatable bonds is 18. The minimum atomic E-state index is -0.400. The van der Waals surface area contributed by atoms with Crippen molar-refractivity contribution in [2.75, 3.05) is 78.9 Å². The molecule has 0 bridgehead atoms. The fraction of sp³-hybridized carbons (Fsp3) is 0.926. The highest BCUT2D eigenvalue weighted by atomic mass is 16.6. The lowest BCUT2D eigenvalue weighted by Crippen LogP contribution is -2.40. The summed E-state index contributed by atoms with van der Waals surface area (Å²) in [6.45, 7) is 3.20. The first-order chi connectivity index (χ1) is 19.0. The Labute approximate surface area is 233 Å². The van der Waals surface area contributed by atoms with Crippen LogP contribution < -0.4 is 10.6 Å². The molecule has 0 radical (unpaired) electrons. The summed E-state index contributed by atoms with van der Waals surface area (Å²) in [4.78, 5) is 28.0. The third-order valence-electron chi connectivity index (χ3n) is 7.95. The second-order valence-electron chi connectivity index (χ2n) is 10.8. The van der Waals surface area contributed by atoms with E-state index < -0.39 is 12.2 Å². The first kappa shape index (κ1) is 33.5. The lowest BCUT2D eigenvalue weighted by atomic mass is 9.76. The molecule has 2 amide bonds. The molecule has 0 unspecified atom stereocenters. The van der Waals surface area contributed by atoms with Crippen LogP contribution in [0.2, 0.25) is 0 Å². The lowest BCUT2D eigenvalue weighted by molar-refractivity contribution is 0.104. The Morgan fingerprint density at radius 3 is 1.21 bits per heavy atom. The fourth-order valence-electron chi connectivity index (χ4n) is 5.74. The SMILES string of the molecule is O=C(NC1CCC(CC2CCC(NC(=O)OCCN(CCO)CCO)CC2)CC1)OCCN(CCO)CCO. The number of nitrogens with one attached hydrogen (secondary N) is 2. The highest BCUT2D eigenvalue weighted by Crippen LogP contribution is 2.35. The van der Waals surface area contributed by atoms with Crippen molar-refractivity contribution in [3.8, 4) is 0 Å². The quantitative estimate of drug-likeness (QED) is 0.139. The zero-order valence-corrected chi connectivity index (χ0v) is 23.5. The number of alkyl carbamates (subject to hydrolysis) is 2. The number of nitrogens with zero attached hydrogens (tertiary/aromatic N) is 2. The van der Waals surface area contributed by atoms with Crippen molar-refractivity contribution in [2.24, 2.45) is 11.8 Å². The largest absolute Gasteiger partial charge is 0.448 e. The van der Waals surface area contributed by atoms with E-state index in [1.54, 1.807) is 0 Å². The smallest absolute Gasteiger partial charge is 0.407 e. The maximum Gasteiger partial charge on any atom is 0.407 e. The van der Waals surface area contributed by atoms with Crippen molar-refractivity contribution in [3.05, 3.63) is 0 Å². The topological polar surface area (TPSA) is 164 Å². The Hall–Kier alpha value is -1.70. The Morgan fingerprint density at radius 1 is 0.564 bits per heavy atom. The summed E-state index contributed by atoms with van der Waals surface area (Å²) in [5, 5.41) is 42.2. The van der Waals surface area contributed by atoms with Gasteiger partial charge in [-0.3, -0.25) is 9.80 Å². The van der Waals surface area contributed by atoms with Gasteiger partial charge in [-0.2, -0.15) is 0 Å². The number of aliphatic hydroxyl groups is 4. The van der Waals surface area contributed by atoms with Gasteiger partial charge in [0.2, 0.25) is 0 Å². The van der Waals surface area contributed by atoms with Crippen molar-refractivity contribution in [1.82, 2.24) is 20.4 Å². The van der Waals surface area contributed by atoms with Gasteiger partial charge < -0.3 is 40.5 Å². The molecule has 0 atom stereocenters. The predicted octanol–water partition coefficient (Wildman–Crippen LogP) is 0.520. The van der Waals surface area contributed by atoms with E-state index in [9.17, 15) is 9.59 Å². The molecule has 12 heteroatoms. The van der Waals surface area contributed by atoms with Crippen LogP contribution in [0.4, 0.5) is 9.59 Å². The van der Waals surface area contributed by atoms with Crippen LogP contribution in [0.1, 0.15) is 57.8 Å². The second kappa shape index (κ2) is 20.2. The van der Waals surface area contributed by atoms with Crippen molar-refractivity contribution in [3.63, 3.8) is 0 Å². The second-order valence-corrected chi connectivity index (χ2v) is 10.8. The molecule has 0 aromatic carbocycles. The van der Waals surface area contributed by atoms with Crippen LogP contribution in [0.15, 0.2) is 0 Å². The van der Waals surface area contributed by atoms with E-state index in [1.807, 2.05) is 9.80 Å². The minimum absolute atomic E-state index is 0.00201. The molecule has 2 saturated carbocycles. The number of amides is 2. The number of carbonyl (C=O) groups excluding carboxylic acids is 2. The molecule has 0 aromatic heterocycles. The fourth-order valence-corrected chi connectivity index (χ4v) is 5.74. The summed E-state index contributed by atoms with van der Waals surface area (Å²) in [5.74, 6) is 1.34. The van der Waals surface area contributed by atoms with Gasteiger partial charge in [-0.1, -0.05) is 0 Å². The van der Waals surface area contributed by atoms with Crippen LogP contribution in [0, 0.1) is 11.8 Å². The van der Waals surface area contributed by atoms with Crippen LogP contribution in [0.25, 0.3) is 0 Å². The van der Waals surface area contributed by atoms with Crippen LogP contribution in [-0.2, 0) is 9.47 Å². The van der Waals surface area contributed by atoms with Crippen LogP contribution in [-0.4, -0.2) is 133 Å². The van der Waals surface area contributed by atoms with Crippen molar-refractivity contribution >= 4 is 12.2 Å². The summed E-state index contributed by atoms with van der Waals surface area (Å²) in [7, 11) is 0. The van der Waals surface area contributed by atoms with Crippen molar-refractivity contribution in [1.29, 1.82) is 0 Å². The molecule has 2 rings (SSSR count). The monoisotopic (exact) mass is 560 g/mol. The summed E-state index contributed by atoms with van der Waals surface area (Å²) in [6.07, 6.45) is 8.61. The van der Waals surface area contributed by atoms with Crippen molar-refractivity contribution < 1.29 is 39.5 Å². The maximum absolute atomic E-state index is 12.1. The van der Waals surface area contributed by atoms with E-state index in [1.165, 1.54) is 6.42 Å². The van der Waals surface area contributed by atoms with Crippen LogP contribution in [0.3, 0.4) is 0 Å². The zero-order valence-electron chi connectivity index (χ0n) is 23.5. The van der Waals surface area contributed by atoms with Gasteiger partial charge in [0, 0.05) is 51.4 Å². The molecular weight excluding hydrogens is 508 g/mol. The summed E-state index contributed by atoms with van der Waals surface area (Å²) < 4.78 is 10.6. The Balaban J connectivity index is 1.54. The van der Waals surface area contributed by atoms with Gasteiger partial charge in [-0.25, -0.2) is 9.59 Å². The van der Waals surface area contributed by atoms with Gasteiger partial charge in [0.05, 0.1) is 26.4 Å². The molecule has 2 aliphatic rings. The third-order valence-corrected chi connectivity index (χ3v) is 7.95. The molecule has 228 valence electrons. The molecule has 0 heterocycles. The van der Waals surface area contributed by atoms with E-state index in [-0.39, 0.29) is 51.7 Å².